The maximum absolute atomic E-state index is 12.0. The molecule has 0 radical (unpaired) electrons. The van der Waals surface area contributed by atoms with Crippen molar-refractivity contribution in [1.82, 2.24) is 4.90 Å². The van der Waals surface area contributed by atoms with Crippen molar-refractivity contribution in [2.24, 2.45) is 5.92 Å². The summed E-state index contributed by atoms with van der Waals surface area (Å²) in [6.07, 6.45) is 6.02. The average Bonchev–Trinajstić information content (AvgIpc) is 2.39. The lowest BCUT2D eigenvalue weighted by molar-refractivity contribution is -0.136. The average molecular weight is 181 g/mol. The molecule has 74 valence electrons. The van der Waals surface area contributed by atoms with E-state index in [1.54, 1.807) is 0 Å². The van der Waals surface area contributed by atoms with E-state index in [1.165, 1.54) is 25.7 Å². The maximum atomic E-state index is 12.0. The predicted molar refractivity (Wildman–Crippen MR) is 52.3 cm³/mol. The highest BCUT2D eigenvalue weighted by Crippen LogP contribution is 2.32. The van der Waals surface area contributed by atoms with Gasteiger partial charge in [-0.3, -0.25) is 4.79 Å². The molecule has 0 saturated carbocycles. The highest BCUT2D eigenvalue weighted by Gasteiger charge is 2.37. The summed E-state index contributed by atoms with van der Waals surface area (Å²) < 4.78 is 0. The van der Waals surface area contributed by atoms with Gasteiger partial charge in [0.05, 0.1) is 0 Å². The van der Waals surface area contributed by atoms with Crippen LogP contribution in [0.5, 0.6) is 0 Å². The van der Waals surface area contributed by atoms with E-state index >= 15 is 0 Å². The van der Waals surface area contributed by atoms with Gasteiger partial charge in [0.1, 0.15) is 0 Å². The van der Waals surface area contributed by atoms with Crippen LogP contribution in [0.2, 0.25) is 0 Å². The number of nitrogens with zero attached hydrogens (tertiary/aromatic N) is 1. The van der Waals surface area contributed by atoms with Crippen molar-refractivity contribution in [1.29, 1.82) is 0 Å². The highest BCUT2D eigenvalue weighted by atomic mass is 16.2. The minimum Gasteiger partial charge on any atom is -0.337 e. The van der Waals surface area contributed by atoms with E-state index in [1.807, 2.05) is 0 Å². The fourth-order valence-corrected chi connectivity index (χ4v) is 2.79. The molecule has 13 heavy (non-hydrogen) atoms. The third-order valence-electron chi connectivity index (χ3n) is 3.64. The smallest absolute Gasteiger partial charge is 0.225 e. The van der Waals surface area contributed by atoms with Crippen LogP contribution < -0.4 is 0 Å². The number of fused-ring (bicyclic) bond motifs is 1. The number of rotatable bonds is 0. The van der Waals surface area contributed by atoms with E-state index in [-0.39, 0.29) is 5.92 Å². The third kappa shape index (κ3) is 1.47. The molecular weight excluding hydrogens is 162 g/mol. The molecule has 0 bridgehead atoms. The van der Waals surface area contributed by atoms with E-state index in [0.717, 1.165) is 6.42 Å². The van der Waals surface area contributed by atoms with E-state index in [2.05, 4.69) is 18.7 Å². The van der Waals surface area contributed by atoms with Crippen LogP contribution in [0.1, 0.15) is 46.0 Å². The van der Waals surface area contributed by atoms with Gasteiger partial charge in [-0.25, -0.2) is 0 Å². The molecule has 0 aromatic carbocycles. The summed E-state index contributed by atoms with van der Waals surface area (Å²) >= 11 is 0. The SMILES string of the molecule is C[C@@H]1CC[C@@H]2CCC[C@H](C)C(=O)N21. The van der Waals surface area contributed by atoms with Crippen molar-refractivity contribution in [2.45, 2.75) is 58.0 Å². The topological polar surface area (TPSA) is 20.3 Å². The molecule has 2 saturated heterocycles. The van der Waals surface area contributed by atoms with Crippen molar-refractivity contribution in [3.05, 3.63) is 0 Å². The summed E-state index contributed by atoms with van der Waals surface area (Å²) in [7, 11) is 0. The summed E-state index contributed by atoms with van der Waals surface area (Å²) in [5.74, 6) is 0.679. The van der Waals surface area contributed by atoms with Gasteiger partial charge in [-0.05, 0) is 32.6 Å². The van der Waals surface area contributed by atoms with Crippen LogP contribution in [-0.4, -0.2) is 22.9 Å². The van der Waals surface area contributed by atoms with Crippen LogP contribution in [0.15, 0.2) is 0 Å². The third-order valence-corrected chi connectivity index (χ3v) is 3.64. The van der Waals surface area contributed by atoms with E-state index in [0.29, 0.717) is 18.0 Å². The van der Waals surface area contributed by atoms with E-state index < -0.39 is 0 Å². The Hall–Kier alpha value is -0.530. The first-order valence-electron chi connectivity index (χ1n) is 5.52. The lowest BCUT2D eigenvalue weighted by atomic mass is 10.0. The first kappa shape index (κ1) is 9.04. The molecule has 0 unspecified atom stereocenters. The first-order chi connectivity index (χ1) is 6.20. The molecule has 2 fully saturated rings. The normalized spacial score (nSPS) is 40.3. The second-order valence-corrected chi connectivity index (χ2v) is 4.66. The number of hydrogen-bond acceptors (Lipinski definition) is 1. The number of amides is 1. The van der Waals surface area contributed by atoms with Crippen molar-refractivity contribution < 1.29 is 4.79 Å². The molecule has 0 aliphatic carbocycles. The summed E-state index contributed by atoms with van der Waals surface area (Å²) in [4.78, 5) is 14.1. The molecule has 0 N–H and O–H groups in total. The van der Waals surface area contributed by atoms with E-state index in [4.69, 9.17) is 0 Å². The Morgan fingerprint density at radius 3 is 2.69 bits per heavy atom. The summed E-state index contributed by atoms with van der Waals surface area (Å²) in [6, 6.07) is 1.07. The molecule has 2 rings (SSSR count). The molecule has 2 heteroatoms. The molecule has 2 aliphatic rings. The minimum atomic E-state index is 0.269. The molecule has 0 aromatic rings. The Kier molecular flexibility index (Phi) is 2.31. The van der Waals surface area contributed by atoms with Crippen LogP contribution in [0.3, 0.4) is 0 Å². The van der Waals surface area contributed by atoms with Gasteiger partial charge in [0.2, 0.25) is 5.91 Å². The second kappa shape index (κ2) is 3.32. The molecule has 3 atom stereocenters. The number of hydrogen-bond donors (Lipinski definition) is 0. The molecular formula is C11H19NO. The number of carbonyl (C=O) groups excluding carboxylic acids is 1. The molecule has 1 amide bonds. The van der Waals surface area contributed by atoms with Crippen LogP contribution in [0.4, 0.5) is 0 Å². The highest BCUT2D eigenvalue weighted by molar-refractivity contribution is 5.79. The maximum Gasteiger partial charge on any atom is 0.225 e. The Balaban J connectivity index is 2.18. The zero-order valence-corrected chi connectivity index (χ0v) is 8.62. The fourth-order valence-electron chi connectivity index (χ4n) is 2.79. The molecule has 2 heterocycles. The van der Waals surface area contributed by atoms with Crippen LogP contribution in [0.25, 0.3) is 0 Å². The molecule has 0 aromatic heterocycles. The molecule has 2 aliphatic heterocycles. The van der Waals surface area contributed by atoms with Gasteiger partial charge in [0.25, 0.3) is 0 Å². The Bertz CT molecular complexity index is 214. The van der Waals surface area contributed by atoms with Gasteiger partial charge in [-0.15, -0.1) is 0 Å². The predicted octanol–water partition coefficient (Wildman–Crippen LogP) is 2.19. The van der Waals surface area contributed by atoms with Gasteiger partial charge < -0.3 is 4.90 Å². The van der Waals surface area contributed by atoms with Gasteiger partial charge >= 0.3 is 0 Å². The largest absolute Gasteiger partial charge is 0.337 e. The standard InChI is InChI=1S/C11H19NO/c1-8-4-3-5-10-7-6-9(2)12(10)11(8)13/h8-10H,3-7H2,1-2H3/t8-,9+,10-/m0/s1. The Labute approximate surface area is 80.3 Å². The Morgan fingerprint density at radius 1 is 1.15 bits per heavy atom. The monoisotopic (exact) mass is 181 g/mol. The summed E-state index contributed by atoms with van der Waals surface area (Å²) in [5, 5.41) is 0. The van der Waals surface area contributed by atoms with Gasteiger partial charge in [0, 0.05) is 18.0 Å². The van der Waals surface area contributed by atoms with Gasteiger partial charge in [-0.2, -0.15) is 0 Å². The lowest BCUT2D eigenvalue weighted by Gasteiger charge is -2.28. The zero-order valence-electron chi connectivity index (χ0n) is 8.62. The van der Waals surface area contributed by atoms with Crippen LogP contribution in [-0.2, 0) is 4.79 Å². The lowest BCUT2D eigenvalue weighted by Crippen LogP contribution is -2.41. The zero-order chi connectivity index (χ0) is 9.42. The van der Waals surface area contributed by atoms with Crippen molar-refractivity contribution in [3.8, 4) is 0 Å². The van der Waals surface area contributed by atoms with Gasteiger partial charge in [0.15, 0.2) is 0 Å². The van der Waals surface area contributed by atoms with E-state index in [9.17, 15) is 4.79 Å². The quantitative estimate of drug-likeness (QED) is 0.561. The molecule has 2 nitrogen and oxygen atoms in total. The minimum absolute atomic E-state index is 0.269. The van der Waals surface area contributed by atoms with Crippen molar-refractivity contribution in [2.75, 3.05) is 0 Å². The fraction of sp³-hybridized carbons (Fsp3) is 0.909. The van der Waals surface area contributed by atoms with Crippen molar-refractivity contribution in [3.63, 3.8) is 0 Å². The molecule has 0 spiro atoms. The number of carbonyl (C=O) groups is 1. The van der Waals surface area contributed by atoms with Crippen LogP contribution in [0, 0.1) is 5.92 Å². The van der Waals surface area contributed by atoms with Crippen molar-refractivity contribution >= 4 is 5.91 Å². The summed E-state index contributed by atoms with van der Waals surface area (Å²) in [6.45, 7) is 4.27. The summed E-state index contributed by atoms with van der Waals surface area (Å²) in [5.41, 5.74) is 0. The van der Waals surface area contributed by atoms with Crippen LogP contribution >= 0.6 is 0 Å². The van der Waals surface area contributed by atoms with Gasteiger partial charge in [-0.1, -0.05) is 13.3 Å². The first-order valence-corrected chi connectivity index (χ1v) is 5.52. The second-order valence-electron chi connectivity index (χ2n) is 4.66. The Morgan fingerprint density at radius 2 is 1.92 bits per heavy atom.